The van der Waals surface area contributed by atoms with Gasteiger partial charge in [0.2, 0.25) is 0 Å². The second kappa shape index (κ2) is 12.3. The molecule has 0 aromatic heterocycles. The van der Waals surface area contributed by atoms with Crippen LogP contribution < -0.4 is 9.47 Å². The van der Waals surface area contributed by atoms with Crippen molar-refractivity contribution in [1.29, 1.82) is 0 Å². The van der Waals surface area contributed by atoms with Crippen LogP contribution >= 0.6 is 0 Å². The van der Waals surface area contributed by atoms with E-state index in [0.29, 0.717) is 24.5 Å². The molecular weight excluding hydrogens is 645 g/mol. The Hall–Kier alpha value is -6.04. The molecule has 0 radical (unpaired) electrons. The first-order valence-corrected chi connectivity index (χ1v) is 17.8. The number of ether oxygens (including phenoxy) is 3. The number of hydrogen-bond donors (Lipinski definition) is 0. The molecule has 1 unspecified atom stereocenters. The average molecular weight is 681 g/mol. The van der Waals surface area contributed by atoms with Crippen LogP contribution in [0.2, 0.25) is 0 Å². The first-order chi connectivity index (χ1) is 25.5. The fourth-order valence-corrected chi connectivity index (χ4v) is 9.28. The molecular formula is C47H36O5. The third-order valence-corrected chi connectivity index (χ3v) is 11.2. The monoisotopic (exact) mass is 680 g/mol. The van der Waals surface area contributed by atoms with E-state index in [1.807, 2.05) is 55.5 Å². The highest BCUT2D eigenvalue weighted by atomic mass is 16.5. The van der Waals surface area contributed by atoms with E-state index in [2.05, 4.69) is 104 Å². The smallest absolute Gasteiger partial charge is 0.335 e. The number of hydrogen-bond acceptors (Lipinski definition) is 5. The lowest BCUT2D eigenvalue weighted by Gasteiger charge is -2.52. The van der Waals surface area contributed by atoms with Gasteiger partial charge in [0.1, 0.15) is 17.1 Å². The molecule has 0 aliphatic heterocycles. The summed E-state index contributed by atoms with van der Waals surface area (Å²) in [5.74, 6) is -0.321. The lowest BCUT2D eigenvalue weighted by molar-refractivity contribution is -0.155. The van der Waals surface area contributed by atoms with Gasteiger partial charge in [-0.2, -0.15) is 0 Å². The summed E-state index contributed by atoms with van der Waals surface area (Å²) < 4.78 is 18.4. The van der Waals surface area contributed by atoms with Crippen LogP contribution in [0.4, 0.5) is 0 Å². The highest BCUT2D eigenvalue weighted by molar-refractivity contribution is 5.87. The van der Waals surface area contributed by atoms with Crippen LogP contribution in [0.15, 0.2) is 158 Å². The molecule has 0 saturated carbocycles. The first kappa shape index (κ1) is 31.9. The van der Waals surface area contributed by atoms with E-state index >= 15 is 0 Å². The Morgan fingerprint density at radius 3 is 1.60 bits per heavy atom. The average Bonchev–Trinajstić information content (AvgIpc) is 3.50. The Morgan fingerprint density at radius 2 is 1.10 bits per heavy atom. The number of benzene rings is 6. The number of rotatable bonds is 8. The standard InChI is InChI=1S/C47H36O5/c1-3-44(48)51-32-25-21-30(22-26-32)46(39-17-9-5-13-34(39)35-14-6-10-18-40(35)46)31-23-27-33(28-24-31)52-45(49)43-29-38-36-15-7-11-19-41(36)47(43,50-4-2)42-20-12-8-16-37(38)42/h3,5-28,38,43H,1,4,29H2,2H3. The van der Waals surface area contributed by atoms with E-state index in [0.717, 1.165) is 50.6 Å². The van der Waals surface area contributed by atoms with Crippen molar-refractivity contribution >= 4 is 11.9 Å². The van der Waals surface area contributed by atoms with Crippen molar-refractivity contribution in [2.24, 2.45) is 5.92 Å². The summed E-state index contributed by atoms with van der Waals surface area (Å²) >= 11 is 0. The van der Waals surface area contributed by atoms with Crippen LogP contribution in [0.5, 0.6) is 11.5 Å². The highest BCUT2D eigenvalue weighted by Gasteiger charge is 2.58. The Labute approximate surface area is 303 Å². The van der Waals surface area contributed by atoms with E-state index < -0.39 is 22.9 Å². The predicted molar refractivity (Wildman–Crippen MR) is 200 cm³/mol. The molecule has 5 nitrogen and oxygen atoms in total. The van der Waals surface area contributed by atoms with Gasteiger partial charge in [0.25, 0.3) is 0 Å². The third-order valence-electron chi connectivity index (χ3n) is 11.2. The van der Waals surface area contributed by atoms with Crippen LogP contribution in [-0.2, 0) is 25.3 Å². The van der Waals surface area contributed by atoms with Crippen LogP contribution in [0, 0.1) is 5.92 Å². The van der Waals surface area contributed by atoms with Crippen molar-refractivity contribution < 1.29 is 23.8 Å². The molecule has 0 spiro atoms. The molecule has 4 aliphatic rings. The van der Waals surface area contributed by atoms with Gasteiger partial charge in [0, 0.05) is 18.6 Å². The van der Waals surface area contributed by atoms with E-state index in [-0.39, 0.29) is 11.9 Å². The van der Waals surface area contributed by atoms with Gasteiger partial charge in [0.05, 0.1) is 11.3 Å². The molecule has 254 valence electrons. The lowest BCUT2D eigenvalue weighted by atomic mass is 9.56. The van der Waals surface area contributed by atoms with Crippen molar-refractivity contribution in [3.05, 3.63) is 203 Å². The molecule has 1 atom stereocenters. The molecule has 10 rings (SSSR count). The molecule has 0 fully saturated rings. The number of fused-ring (bicyclic) bond motifs is 4. The summed E-state index contributed by atoms with van der Waals surface area (Å²) in [4.78, 5) is 26.4. The predicted octanol–water partition coefficient (Wildman–Crippen LogP) is 9.49. The second-order valence-corrected chi connectivity index (χ2v) is 13.6. The van der Waals surface area contributed by atoms with Gasteiger partial charge in [-0.3, -0.25) is 4.79 Å². The zero-order valence-electron chi connectivity index (χ0n) is 28.8. The van der Waals surface area contributed by atoms with E-state index in [1.54, 1.807) is 0 Å². The third kappa shape index (κ3) is 4.52. The summed E-state index contributed by atoms with van der Waals surface area (Å²) in [5.41, 5.74) is 9.58. The Morgan fingerprint density at radius 1 is 0.635 bits per heavy atom. The maximum absolute atomic E-state index is 14.4. The Balaban J connectivity index is 1.11. The Bertz CT molecular complexity index is 2280. The van der Waals surface area contributed by atoms with Crippen LogP contribution in [0.1, 0.15) is 63.8 Å². The van der Waals surface area contributed by atoms with E-state index in [1.165, 1.54) is 11.1 Å². The molecule has 2 bridgehead atoms. The van der Waals surface area contributed by atoms with E-state index in [9.17, 15) is 9.59 Å². The molecule has 0 N–H and O–H groups in total. The van der Waals surface area contributed by atoms with E-state index in [4.69, 9.17) is 14.2 Å². The normalized spacial score (nSPS) is 19.8. The maximum atomic E-state index is 14.4. The highest BCUT2D eigenvalue weighted by Crippen LogP contribution is 2.60. The number of esters is 2. The number of carbonyl (C=O) groups excluding carboxylic acids is 2. The molecule has 0 heterocycles. The molecule has 0 amide bonds. The Kier molecular flexibility index (Phi) is 7.56. The molecule has 4 aliphatic carbocycles. The van der Waals surface area contributed by atoms with Gasteiger partial charge in [-0.25, -0.2) is 4.79 Å². The molecule has 6 aromatic carbocycles. The zero-order valence-corrected chi connectivity index (χ0v) is 28.8. The van der Waals surface area contributed by atoms with Crippen LogP contribution in [0.25, 0.3) is 11.1 Å². The maximum Gasteiger partial charge on any atom is 0.335 e. The fourth-order valence-electron chi connectivity index (χ4n) is 9.28. The van der Waals surface area contributed by atoms with Gasteiger partial charge in [-0.05, 0) is 93.2 Å². The second-order valence-electron chi connectivity index (χ2n) is 13.6. The fraction of sp³-hybridized carbons (Fsp3) is 0.149. The van der Waals surface area contributed by atoms with Gasteiger partial charge in [0.15, 0.2) is 0 Å². The van der Waals surface area contributed by atoms with Crippen molar-refractivity contribution in [1.82, 2.24) is 0 Å². The van der Waals surface area contributed by atoms with Crippen LogP contribution in [-0.4, -0.2) is 18.5 Å². The quantitative estimate of drug-likeness (QED) is 0.0909. The van der Waals surface area contributed by atoms with Crippen LogP contribution in [0.3, 0.4) is 0 Å². The molecule has 0 saturated heterocycles. The van der Waals surface area contributed by atoms with Crippen molar-refractivity contribution in [3.8, 4) is 22.6 Å². The first-order valence-electron chi connectivity index (χ1n) is 17.8. The minimum Gasteiger partial charge on any atom is -0.426 e. The lowest BCUT2D eigenvalue weighted by Crippen LogP contribution is -2.53. The SMILES string of the molecule is C=CC(=O)Oc1ccc(C2(c3ccc(OC(=O)C4CC5c6ccccc6C4(OCC)c4ccccc45)cc3)c3ccccc3-c3ccccc32)cc1. The summed E-state index contributed by atoms with van der Waals surface area (Å²) in [5, 5.41) is 0. The minimum absolute atomic E-state index is 0.0868. The van der Waals surface area contributed by atoms with Crippen molar-refractivity contribution in [3.63, 3.8) is 0 Å². The zero-order chi connectivity index (χ0) is 35.5. The molecule has 52 heavy (non-hydrogen) atoms. The molecule has 5 heteroatoms. The summed E-state index contributed by atoms with van der Waals surface area (Å²) in [7, 11) is 0. The molecule has 6 aromatic rings. The largest absolute Gasteiger partial charge is 0.426 e. The topological polar surface area (TPSA) is 61.8 Å². The number of carbonyl (C=O) groups is 2. The minimum atomic E-state index is -0.929. The summed E-state index contributed by atoms with van der Waals surface area (Å²) in [6.07, 6.45) is 1.76. The van der Waals surface area contributed by atoms with Gasteiger partial charge in [-0.1, -0.05) is 128 Å². The van der Waals surface area contributed by atoms with Gasteiger partial charge < -0.3 is 14.2 Å². The van der Waals surface area contributed by atoms with Crippen molar-refractivity contribution in [2.45, 2.75) is 30.3 Å². The van der Waals surface area contributed by atoms with Crippen molar-refractivity contribution in [2.75, 3.05) is 6.61 Å². The van der Waals surface area contributed by atoms with Gasteiger partial charge in [-0.15, -0.1) is 0 Å². The van der Waals surface area contributed by atoms with Gasteiger partial charge >= 0.3 is 11.9 Å². The summed E-state index contributed by atoms with van der Waals surface area (Å²) in [6.45, 7) is 5.95. The summed E-state index contributed by atoms with van der Waals surface area (Å²) in [6, 6.07) is 49.3.